The Morgan fingerprint density at radius 2 is 1.62 bits per heavy atom. The molecule has 1 aliphatic carbocycles. The van der Waals surface area contributed by atoms with Gasteiger partial charge in [-0.05, 0) is 48.6 Å². The summed E-state index contributed by atoms with van der Waals surface area (Å²) in [4.78, 5) is 24.2. The van der Waals surface area contributed by atoms with Gasteiger partial charge < -0.3 is 20.5 Å². The number of nitrogens with one attached hydrogen (secondary N) is 2. The fourth-order valence-corrected chi connectivity index (χ4v) is 2.99. The summed E-state index contributed by atoms with van der Waals surface area (Å²) in [6, 6.07) is 13.3. The summed E-state index contributed by atoms with van der Waals surface area (Å²) in [5.74, 6) is -2.41. The Bertz CT molecular complexity index is 868. The first-order chi connectivity index (χ1) is 13.7. The SMILES string of the molecule is O=C(NC[C@](O)(c1ccccc1)C1CC1)C(=O)Nc1ccc(OC(F)(F)F)cc1. The fraction of sp³-hybridized carbons (Fsp3) is 0.300. The van der Waals surface area contributed by atoms with E-state index in [9.17, 15) is 27.9 Å². The molecular formula is C20H19F3N2O4. The van der Waals surface area contributed by atoms with Gasteiger partial charge in [-0.2, -0.15) is 0 Å². The summed E-state index contributed by atoms with van der Waals surface area (Å²) in [6.45, 7) is -0.133. The summed E-state index contributed by atoms with van der Waals surface area (Å²) >= 11 is 0. The van der Waals surface area contributed by atoms with Gasteiger partial charge in [0.05, 0.1) is 6.54 Å². The van der Waals surface area contributed by atoms with Gasteiger partial charge in [-0.25, -0.2) is 0 Å². The standard InChI is InChI=1S/C20H19F3N2O4/c21-20(22,23)29-16-10-8-15(9-11-16)25-18(27)17(26)24-12-19(28,14-6-7-14)13-4-2-1-3-5-13/h1-5,8-11,14,28H,6-7,12H2,(H,24,26)(H,25,27)/t19-/m0/s1. The van der Waals surface area contributed by atoms with Crippen molar-refractivity contribution in [2.24, 2.45) is 5.92 Å². The van der Waals surface area contributed by atoms with Crippen LogP contribution in [0.5, 0.6) is 5.75 Å². The van der Waals surface area contributed by atoms with Crippen molar-refractivity contribution in [3.63, 3.8) is 0 Å². The minimum absolute atomic E-state index is 0.00515. The first-order valence-electron chi connectivity index (χ1n) is 8.90. The highest BCUT2D eigenvalue weighted by atomic mass is 19.4. The molecule has 2 aromatic rings. The molecule has 1 atom stereocenters. The third-order valence-corrected chi connectivity index (χ3v) is 4.60. The van der Waals surface area contributed by atoms with Gasteiger partial charge in [-0.1, -0.05) is 30.3 Å². The molecule has 0 radical (unpaired) electrons. The molecular weight excluding hydrogens is 389 g/mol. The van der Waals surface area contributed by atoms with Crippen LogP contribution in [-0.4, -0.2) is 29.8 Å². The highest BCUT2D eigenvalue weighted by Gasteiger charge is 2.45. The van der Waals surface area contributed by atoms with Crippen LogP contribution in [0.1, 0.15) is 18.4 Å². The summed E-state index contributed by atoms with van der Waals surface area (Å²) < 4.78 is 40.2. The number of benzene rings is 2. The van der Waals surface area contributed by atoms with Crippen molar-refractivity contribution in [2.45, 2.75) is 24.8 Å². The molecule has 1 fully saturated rings. The Morgan fingerprint density at radius 3 is 2.17 bits per heavy atom. The van der Waals surface area contributed by atoms with E-state index in [4.69, 9.17) is 0 Å². The number of rotatable bonds is 6. The fourth-order valence-electron chi connectivity index (χ4n) is 2.99. The number of halogens is 3. The van der Waals surface area contributed by atoms with Crippen LogP contribution in [0.4, 0.5) is 18.9 Å². The molecule has 1 aliphatic rings. The van der Waals surface area contributed by atoms with Crippen molar-refractivity contribution < 1.29 is 32.6 Å². The Labute approximate surface area is 164 Å². The van der Waals surface area contributed by atoms with Gasteiger partial charge in [-0.15, -0.1) is 13.2 Å². The normalized spacial score (nSPS) is 15.9. The molecule has 29 heavy (non-hydrogen) atoms. The Kier molecular flexibility index (Phi) is 5.78. The van der Waals surface area contributed by atoms with Crippen LogP contribution in [0.15, 0.2) is 54.6 Å². The molecule has 0 spiro atoms. The molecule has 3 N–H and O–H groups in total. The number of anilines is 1. The van der Waals surface area contributed by atoms with Gasteiger partial charge in [0.25, 0.3) is 0 Å². The van der Waals surface area contributed by atoms with Crippen LogP contribution in [0.3, 0.4) is 0 Å². The van der Waals surface area contributed by atoms with E-state index in [1.54, 1.807) is 24.3 Å². The van der Waals surface area contributed by atoms with E-state index in [1.165, 1.54) is 12.1 Å². The number of carbonyl (C=O) groups excluding carboxylic acids is 2. The second kappa shape index (κ2) is 8.12. The minimum atomic E-state index is -4.82. The molecule has 0 unspecified atom stereocenters. The van der Waals surface area contributed by atoms with Crippen molar-refractivity contribution in [2.75, 3.05) is 11.9 Å². The zero-order valence-corrected chi connectivity index (χ0v) is 15.2. The van der Waals surface area contributed by atoms with E-state index in [2.05, 4.69) is 15.4 Å². The van der Waals surface area contributed by atoms with E-state index < -0.39 is 29.5 Å². The van der Waals surface area contributed by atoms with E-state index in [1.807, 2.05) is 6.07 Å². The maximum atomic E-state index is 12.2. The van der Waals surface area contributed by atoms with Crippen molar-refractivity contribution in [1.82, 2.24) is 5.32 Å². The summed E-state index contributed by atoms with van der Waals surface area (Å²) in [7, 11) is 0. The van der Waals surface area contributed by atoms with E-state index in [0.29, 0.717) is 5.56 Å². The first kappa shape index (κ1) is 20.7. The molecule has 0 saturated heterocycles. The minimum Gasteiger partial charge on any atom is -0.406 e. The second-order valence-corrected chi connectivity index (χ2v) is 6.77. The maximum Gasteiger partial charge on any atom is 0.573 e. The lowest BCUT2D eigenvalue weighted by Crippen LogP contribution is -2.45. The number of alkyl halides is 3. The highest BCUT2D eigenvalue weighted by molar-refractivity contribution is 6.39. The van der Waals surface area contributed by atoms with Gasteiger partial charge in [0.1, 0.15) is 11.4 Å². The molecule has 154 valence electrons. The van der Waals surface area contributed by atoms with E-state index in [-0.39, 0.29) is 18.2 Å². The molecule has 1 saturated carbocycles. The molecule has 2 aromatic carbocycles. The van der Waals surface area contributed by atoms with Crippen LogP contribution in [0, 0.1) is 5.92 Å². The topological polar surface area (TPSA) is 87.7 Å². The highest BCUT2D eigenvalue weighted by Crippen LogP contribution is 2.45. The lowest BCUT2D eigenvalue weighted by atomic mass is 9.88. The smallest absolute Gasteiger partial charge is 0.406 e. The number of hydrogen-bond donors (Lipinski definition) is 3. The van der Waals surface area contributed by atoms with Gasteiger partial charge in [0, 0.05) is 5.69 Å². The van der Waals surface area contributed by atoms with E-state index in [0.717, 1.165) is 25.0 Å². The van der Waals surface area contributed by atoms with Crippen molar-refractivity contribution in [3.05, 3.63) is 60.2 Å². The average molecular weight is 408 g/mol. The zero-order valence-electron chi connectivity index (χ0n) is 15.2. The second-order valence-electron chi connectivity index (χ2n) is 6.77. The Balaban J connectivity index is 1.57. The summed E-state index contributed by atoms with van der Waals surface area (Å²) in [5, 5.41) is 15.7. The lowest BCUT2D eigenvalue weighted by Gasteiger charge is -2.29. The molecule has 0 heterocycles. The number of carbonyl (C=O) groups is 2. The monoisotopic (exact) mass is 408 g/mol. The molecule has 0 aromatic heterocycles. The number of aliphatic hydroxyl groups is 1. The number of ether oxygens (including phenoxy) is 1. The zero-order chi connectivity index (χ0) is 21.1. The van der Waals surface area contributed by atoms with Crippen molar-refractivity contribution >= 4 is 17.5 Å². The molecule has 6 nitrogen and oxygen atoms in total. The largest absolute Gasteiger partial charge is 0.573 e. The predicted octanol–water partition coefficient (Wildman–Crippen LogP) is 2.94. The number of hydrogen-bond acceptors (Lipinski definition) is 4. The van der Waals surface area contributed by atoms with Crippen LogP contribution in [0.25, 0.3) is 0 Å². The van der Waals surface area contributed by atoms with Gasteiger partial charge in [0.15, 0.2) is 0 Å². The molecule has 3 rings (SSSR count). The van der Waals surface area contributed by atoms with Crippen LogP contribution in [0.2, 0.25) is 0 Å². The van der Waals surface area contributed by atoms with Crippen LogP contribution < -0.4 is 15.4 Å². The van der Waals surface area contributed by atoms with Crippen molar-refractivity contribution in [1.29, 1.82) is 0 Å². The molecule has 9 heteroatoms. The Hall–Kier alpha value is -3.07. The quantitative estimate of drug-likeness (QED) is 0.642. The third-order valence-electron chi connectivity index (χ3n) is 4.60. The van der Waals surface area contributed by atoms with Crippen molar-refractivity contribution in [3.8, 4) is 5.75 Å². The average Bonchev–Trinajstić information content (AvgIpc) is 3.52. The lowest BCUT2D eigenvalue weighted by molar-refractivity contribution is -0.274. The third kappa shape index (κ3) is 5.47. The van der Waals surface area contributed by atoms with Crippen LogP contribution >= 0.6 is 0 Å². The van der Waals surface area contributed by atoms with Crippen LogP contribution in [-0.2, 0) is 15.2 Å². The maximum absolute atomic E-state index is 12.2. The van der Waals surface area contributed by atoms with Gasteiger partial charge in [0.2, 0.25) is 0 Å². The molecule has 0 aliphatic heterocycles. The molecule has 0 bridgehead atoms. The summed E-state index contributed by atoms with van der Waals surface area (Å²) in [5.41, 5.74) is -0.489. The predicted molar refractivity (Wildman–Crippen MR) is 97.8 cm³/mol. The Morgan fingerprint density at radius 1 is 1.00 bits per heavy atom. The summed E-state index contributed by atoms with van der Waals surface area (Å²) in [6.07, 6.45) is -3.18. The van der Waals surface area contributed by atoms with E-state index >= 15 is 0 Å². The van der Waals surface area contributed by atoms with Gasteiger partial charge in [-0.3, -0.25) is 9.59 Å². The van der Waals surface area contributed by atoms with Gasteiger partial charge >= 0.3 is 18.2 Å². The first-order valence-corrected chi connectivity index (χ1v) is 8.90. The number of amides is 2. The molecule has 2 amide bonds.